The summed E-state index contributed by atoms with van der Waals surface area (Å²) in [5.41, 5.74) is 0.934. The lowest BCUT2D eigenvalue weighted by Crippen LogP contribution is -2.18. The molecule has 0 saturated heterocycles. The van der Waals surface area contributed by atoms with E-state index in [1.165, 1.54) is 7.11 Å². The number of esters is 1. The summed E-state index contributed by atoms with van der Waals surface area (Å²) in [5, 5.41) is 3.45. The van der Waals surface area contributed by atoms with E-state index in [-0.39, 0.29) is 30.3 Å². The van der Waals surface area contributed by atoms with Gasteiger partial charge in [-0.25, -0.2) is 9.78 Å². The molecular formula is C16H18N2O4. The molecule has 6 nitrogen and oxygen atoms in total. The number of ether oxygens (including phenoxy) is 2. The fourth-order valence-electron chi connectivity index (χ4n) is 1.96. The zero-order chi connectivity index (χ0) is 15.9. The molecule has 1 heterocycles. The number of carbonyl (C=O) groups is 2. The topological polar surface area (TPSA) is 77.5 Å². The van der Waals surface area contributed by atoms with E-state index in [2.05, 4.69) is 10.3 Å². The van der Waals surface area contributed by atoms with Gasteiger partial charge in [0.15, 0.2) is 0 Å². The van der Waals surface area contributed by atoms with E-state index in [0.717, 1.165) is 5.39 Å². The minimum Gasteiger partial charge on any atom is -0.462 e. The molecule has 116 valence electrons. The quantitative estimate of drug-likeness (QED) is 0.829. The molecule has 6 heteroatoms. The van der Waals surface area contributed by atoms with Gasteiger partial charge in [0.1, 0.15) is 11.4 Å². The van der Waals surface area contributed by atoms with Crippen molar-refractivity contribution in [2.45, 2.75) is 13.3 Å². The number of carbonyl (C=O) groups excluding carboxylic acids is 2. The molecule has 0 spiro atoms. The summed E-state index contributed by atoms with van der Waals surface area (Å²) >= 11 is 0. The summed E-state index contributed by atoms with van der Waals surface area (Å²) in [6, 6.07) is 9.04. The number of methoxy groups -OCH3 is 1. The van der Waals surface area contributed by atoms with Crippen LogP contribution in [0.2, 0.25) is 0 Å². The third-order valence-corrected chi connectivity index (χ3v) is 3.01. The minimum absolute atomic E-state index is 0.188. The zero-order valence-electron chi connectivity index (χ0n) is 12.6. The molecule has 0 radical (unpaired) electrons. The highest BCUT2D eigenvalue weighted by Gasteiger charge is 2.17. The van der Waals surface area contributed by atoms with E-state index in [4.69, 9.17) is 9.47 Å². The first-order chi connectivity index (χ1) is 10.7. The van der Waals surface area contributed by atoms with Gasteiger partial charge in [0, 0.05) is 12.5 Å². The van der Waals surface area contributed by atoms with Crippen molar-refractivity contribution in [3.8, 4) is 0 Å². The number of hydrogen-bond donors (Lipinski definition) is 1. The maximum absolute atomic E-state index is 12.1. The highest BCUT2D eigenvalue weighted by atomic mass is 16.5. The second kappa shape index (κ2) is 7.51. The number of para-hydroxylation sites is 1. The first kappa shape index (κ1) is 15.9. The Labute approximate surface area is 128 Å². The fraction of sp³-hybridized carbons (Fsp3) is 0.312. The molecule has 1 aromatic heterocycles. The maximum atomic E-state index is 12.1. The van der Waals surface area contributed by atoms with Gasteiger partial charge in [-0.3, -0.25) is 4.79 Å². The van der Waals surface area contributed by atoms with E-state index >= 15 is 0 Å². The number of benzene rings is 1. The molecule has 0 unspecified atom stereocenters. The number of pyridine rings is 1. The van der Waals surface area contributed by atoms with Gasteiger partial charge in [-0.15, -0.1) is 0 Å². The van der Waals surface area contributed by atoms with Crippen molar-refractivity contribution in [2.24, 2.45) is 0 Å². The Morgan fingerprint density at radius 1 is 1.27 bits per heavy atom. The number of amides is 1. The number of hydrogen-bond acceptors (Lipinski definition) is 5. The predicted octanol–water partition coefficient (Wildman–Crippen LogP) is 2.39. The van der Waals surface area contributed by atoms with Crippen LogP contribution in [0.1, 0.15) is 23.7 Å². The average Bonchev–Trinajstić information content (AvgIpc) is 2.52. The van der Waals surface area contributed by atoms with Crippen LogP contribution in [0.3, 0.4) is 0 Å². The van der Waals surface area contributed by atoms with Crippen molar-refractivity contribution in [1.29, 1.82) is 0 Å². The van der Waals surface area contributed by atoms with Crippen LogP contribution in [-0.4, -0.2) is 37.2 Å². The zero-order valence-corrected chi connectivity index (χ0v) is 12.6. The summed E-state index contributed by atoms with van der Waals surface area (Å²) in [6.07, 6.45) is 0.188. The molecule has 22 heavy (non-hydrogen) atoms. The second-order valence-corrected chi connectivity index (χ2v) is 4.59. The number of nitrogens with one attached hydrogen (secondary N) is 1. The van der Waals surface area contributed by atoms with E-state index in [9.17, 15) is 9.59 Å². The minimum atomic E-state index is -0.511. The predicted molar refractivity (Wildman–Crippen MR) is 82.8 cm³/mol. The number of aromatic nitrogens is 1. The van der Waals surface area contributed by atoms with Crippen LogP contribution in [-0.2, 0) is 14.3 Å². The van der Waals surface area contributed by atoms with Crippen molar-refractivity contribution in [2.75, 3.05) is 25.6 Å². The molecular weight excluding hydrogens is 284 g/mol. The fourth-order valence-corrected chi connectivity index (χ4v) is 1.96. The second-order valence-electron chi connectivity index (χ2n) is 4.59. The molecule has 1 amide bonds. The van der Waals surface area contributed by atoms with Crippen molar-refractivity contribution in [1.82, 2.24) is 4.98 Å². The number of nitrogens with zero attached hydrogens (tertiary/aromatic N) is 1. The summed E-state index contributed by atoms with van der Waals surface area (Å²) in [5.74, 6) is -0.573. The smallest absolute Gasteiger partial charge is 0.341 e. The van der Waals surface area contributed by atoms with Gasteiger partial charge in [0.25, 0.3) is 0 Å². The Kier molecular flexibility index (Phi) is 5.43. The molecule has 0 atom stereocenters. The monoisotopic (exact) mass is 302 g/mol. The van der Waals surface area contributed by atoms with Gasteiger partial charge in [0.05, 0.1) is 25.2 Å². The third kappa shape index (κ3) is 3.79. The van der Waals surface area contributed by atoms with Crippen LogP contribution < -0.4 is 5.32 Å². The van der Waals surface area contributed by atoms with Crippen molar-refractivity contribution in [3.63, 3.8) is 0 Å². The summed E-state index contributed by atoms with van der Waals surface area (Å²) in [4.78, 5) is 28.3. The maximum Gasteiger partial charge on any atom is 0.341 e. The van der Waals surface area contributed by atoms with E-state index in [0.29, 0.717) is 12.1 Å². The van der Waals surface area contributed by atoms with Crippen molar-refractivity contribution >= 4 is 28.6 Å². The number of rotatable bonds is 6. The summed E-state index contributed by atoms with van der Waals surface area (Å²) in [7, 11) is 1.52. The SMILES string of the molecule is CCOC(=O)c1cc2ccccc2nc1NC(=O)CCOC. The third-order valence-electron chi connectivity index (χ3n) is 3.01. The molecule has 0 aliphatic carbocycles. The molecule has 1 N–H and O–H groups in total. The standard InChI is InChI=1S/C16H18N2O4/c1-3-22-16(20)12-10-11-6-4-5-7-13(11)17-15(12)18-14(19)8-9-21-2/h4-7,10H,3,8-9H2,1-2H3,(H,17,18,19). The number of anilines is 1. The average molecular weight is 302 g/mol. The normalized spacial score (nSPS) is 10.5. The Morgan fingerprint density at radius 3 is 2.77 bits per heavy atom. The Hall–Kier alpha value is -2.47. The largest absolute Gasteiger partial charge is 0.462 e. The van der Waals surface area contributed by atoms with Crippen LogP contribution in [0.25, 0.3) is 10.9 Å². The molecule has 2 rings (SSSR count). The highest BCUT2D eigenvalue weighted by Crippen LogP contribution is 2.21. The van der Waals surface area contributed by atoms with Gasteiger partial charge in [-0.1, -0.05) is 18.2 Å². The number of fused-ring (bicyclic) bond motifs is 1. The molecule has 1 aromatic carbocycles. The first-order valence-corrected chi connectivity index (χ1v) is 7.01. The van der Waals surface area contributed by atoms with Crippen LogP contribution >= 0.6 is 0 Å². The van der Waals surface area contributed by atoms with Gasteiger partial charge in [0.2, 0.25) is 5.91 Å². The van der Waals surface area contributed by atoms with Gasteiger partial charge in [-0.05, 0) is 19.1 Å². The van der Waals surface area contributed by atoms with Crippen molar-refractivity contribution < 1.29 is 19.1 Å². The van der Waals surface area contributed by atoms with E-state index in [1.54, 1.807) is 13.0 Å². The van der Waals surface area contributed by atoms with Crippen LogP contribution in [0.5, 0.6) is 0 Å². The van der Waals surface area contributed by atoms with E-state index < -0.39 is 5.97 Å². The van der Waals surface area contributed by atoms with Crippen LogP contribution in [0, 0.1) is 0 Å². The molecule has 0 fully saturated rings. The molecule has 0 saturated carbocycles. The Bertz CT molecular complexity index is 685. The van der Waals surface area contributed by atoms with Crippen molar-refractivity contribution in [3.05, 3.63) is 35.9 Å². The highest BCUT2D eigenvalue weighted by molar-refractivity contribution is 6.03. The van der Waals surface area contributed by atoms with Gasteiger partial charge in [-0.2, -0.15) is 0 Å². The molecule has 0 aliphatic heterocycles. The molecule has 0 bridgehead atoms. The Balaban J connectivity index is 2.37. The lowest BCUT2D eigenvalue weighted by Gasteiger charge is -2.11. The lowest BCUT2D eigenvalue weighted by molar-refractivity contribution is -0.117. The van der Waals surface area contributed by atoms with Crippen LogP contribution in [0.4, 0.5) is 5.82 Å². The summed E-state index contributed by atoms with van der Waals surface area (Å²) < 4.78 is 9.89. The van der Waals surface area contributed by atoms with E-state index in [1.807, 2.05) is 24.3 Å². The summed E-state index contributed by atoms with van der Waals surface area (Å²) in [6.45, 7) is 2.28. The molecule has 2 aromatic rings. The van der Waals surface area contributed by atoms with Gasteiger partial charge < -0.3 is 14.8 Å². The Morgan fingerprint density at radius 2 is 2.05 bits per heavy atom. The first-order valence-electron chi connectivity index (χ1n) is 7.01. The van der Waals surface area contributed by atoms with Crippen LogP contribution in [0.15, 0.2) is 30.3 Å². The lowest BCUT2D eigenvalue weighted by atomic mass is 10.1. The molecule has 0 aliphatic rings. The van der Waals surface area contributed by atoms with Gasteiger partial charge >= 0.3 is 5.97 Å².